The van der Waals surface area contributed by atoms with Crippen molar-refractivity contribution in [1.29, 1.82) is 0 Å². The van der Waals surface area contributed by atoms with Crippen molar-refractivity contribution in [1.82, 2.24) is 9.88 Å². The van der Waals surface area contributed by atoms with E-state index in [-0.39, 0.29) is 18.0 Å². The van der Waals surface area contributed by atoms with E-state index in [1.54, 1.807) is 25.1 Å². The van der Waals surface area contributed by atoms with E-state index in [0.717, 1.165) is 5.56 Å². The minimum atomic E-state index is -3.46. The van der Waals surface area contributed by atoms with E-state index in [1.165, 1.54) is 12.1 Å². The predicted octanol–water partition coefficient (Wildman–Crippen LogP) is 1.31. The highest BCUT2D eigenvalue weighted by Crippen LogP contribution is 2.10. The van der Waals surface area contributed by atoms with Crippen LogP contribution >= 0.6 is 0 Å². The van der Waals surface area contributed by atoms with Gasteiger partial charge in [-0.1, -0.05) is 17.3 Å². The van der Waals surface area contributed by atoms with E-state index >= 15 is 0 Å². The number of phenolic OH excluding ortho intramolecular Hbond substituents is 1. The summed E-state index contributed by atoms with van der Waals surface area (Å²) in [5, 5.41) is 12.8. The lowest BCUT2D eigenvalue weighted by Crippen LogP contribution is -2.24. The van der Waals surface area contributed by atoms with Crippen molar-refractivity contribution in [2.75, 3.05) is 0 Å². The highest BCUT2D eigenvalue weighted by atomic mass is 32.2. The lowest BCUT2D eigenvalue weighted by Gasteiger charge is -2.05. The third-order valence-corrected chi connectivity index (χ3v) is 3.71. The van der Waals surface area contributed by atoms with Crippen molar-refractivity contribution in [2.45, 2.75) is 19.2 Å². The molecule has 1 heterocycles. The Morgan fingerprint density at radius 3 is 2.58 bits per heavy atom. The average molecular weight is 282 g/mol. The predicted molar refractivity (Wildman–Crippen MR) is 68.8 cm³/mol. The molecule has 0 spiro atoms. The van der Waals surface area contributed by atoms with Gasteiger partial charge in [0, 0.05) is 12.6 Å². The lowest BCUT2D eigenvalue weighted by atomic mass is 10.2. The Bertz CT molecular complexity index is 647. The molecule has 0 aliphatic heterocycles. The van der Waals surface area contributed by atoms with E-state index < -0.39 is 10.0 Å². The summed E-state index contributed by atoms with van der Waals surface area (Å²) in [6.07, 6.45) is 0. The molecule has 19 heavy (non-hydrogen) atoms. The molecule has 6 nitrogen and oxygen atoms in total. The van der Waals surface area contributed by atoms with Gasteiger partial charge in [0.05, 0.1) is 0 Å². The van der Waals surface area contributed by atoms with Gasteiger partial charge in [-0.2, -0.15) is 0 Å². The third kappa shape index (κ3) is 4.08. The first-order chi connectivity index (χ1) is 8.94. The number of rotatable bonds is 5. The summed E-state index contributed by atoms with van der Waals surface area (Å²) in [5.74, 6) is 0.496. The van der Waals surface area contributed by atoms with Crippen molar-refractivity contribution >= 4 is 10.0 Å². The van der Waals surface area contributed by atoms with Gasteiger partial charge < -0.3 is 9.63 Å². The molecule has 2 aromatic rings. The maximum absolute atomic E-state index is 11.8. The molecular formula is C12H14N2O4S. The molecule has 1 aromatic carbocycles. The summed E-state index contributed by atoms with van der Waals surface area (Å²) in [6, 6.07) is 7.89. The summed E-state index contributed by atoms with van der Waals surface area (Å²) in [4.78, 5) is 0. The Kier molecular flexibility index (Phi) is 3.87. The number of aromatic nitrogens is 1. The number of benzene rings is 1. The first-order valence-corrected chi connectivity index (χ1v) is 7.27. The average Bonchev–Trinajstić information content (AvgIpc) is 2.73. The van der Waals surface area contributed by atoms with Crippen LogP contribution in [0.4, 0.5) is 0 Å². The van der Waals surface area contributed by atoms with Crippen LogP contribution in [0.2, 0.25) is 0 Å². The van der Waals surface area contributed by atoms with Crippen molar-refractivity contribution in [3.05, 3.63) is 47.3 Å². The number of nitrogens with one attached hydrogen (secondary N) is 1. The number of nitrogens with zero attached hydrogens (tertiary/aromatic N) is 1. The van der Waals surface area contributed by atoms with Gasteiger partial charge in [0.1, 0.15) is 23.0 Å². The Morgan fingerprint density at radius 2 is 2.00 bits per heavy atom. The van der Waals surface area contributed by atoms with Crippen molar-refractivity contribution in [3.8, 4) is 5.75 Å². The summed E-state index contributed by atoms with van der Waals surface area (Å²) in [5.41, 5.74) is 1.13. The van der Waals surface area contributed by atoms with E-state index in [2.05, 4.69) is 9.88 Å². The molecule has 0 atom stereocenters. The van der Waals surface area contributed by atoms with Gasteiger partial charge in [0.25, 0.3) is 0 Å². The van der Waals surface area contributed by atoms with Crippen LogP contribution in [0.5, 0.6) is 5.75 Å². The van der Waals surface area contributed by atoms with Crippen LogP contribution in [0.3, 0.4) is 0 Å². The SMILES string of the molecule is Cc1cc(CS(=O)(=O)NCc2ccc(O)cc2)no1. The number of hydrogen-bond donors (Lipinski definition) is 2. The van der Waals surface area contributed by atoms with Gasteiger partial charge in [0.15, 0.2) is 0 Å². The van der Waals surface area contributed by atoms with Crippen molar-refractivity contribution < 1.29 is 18.0 Å². The second-order valence-electron chi connectivity index (χ2n) is 4.18. The van der Waals surface area contributed by atoms with Crippen molar-refractivity contribution in [3.63, 3.8) is 0 Å². The van der Waals surface area contributed by atoms with Gasteiger partial charge in [-0.05, 0) is 24.6 Å². The highest BCUT2D eigenvalue weighted by Gasteiger charge is 2.14. The monoisotopic (exact) mass is 282 g/mol. The summed E-state index contributed by atoms with van der Waals surface area (Å²) in [7, 11) is -3.46. The zero-order chi connectivity index (χ0) is 13.9. The topological polar surface area (TPSA) is 92.4 Å². The van der Waals surface area contributed by atoms with Gasteiger partial charge in [0.2, 0.25) is 10.0 Å². The molecule has 0 amide bonds. The highest BCUT2D eigenvalue weighted by molar-refractivity contribution is 7.88. The van der Waals surface area contributed by atoms with Crippen LogP contribution in [0.25, 0.3) is 0 Å². The number of sulfonamides is 1. The van der Waals surface area contributed by atoms with Crippen LogP contribution in [-0.4, -0.2) is 18.7 Å². The Hall–Kier alpha value is -1.86. The summed E-state index contributed by atoms with van der Waals surface area (Å²) < 4.78 is 30.9. The van der Waals surface area contributed by atoms with E-state index in [9.17, 15) is 8.42 Å². The van der Waals surface area contributed by atoms with Gasteiger partial charge >= 0.3 is 0 Å². The molecule has 7 heteroatoms. The van der Waals surface area contributed by atoms with Crippen molar-refractivity contribution in [2.24, 2.45) is 0 Å². The standard InChI is InChI=1S/C12H14N2O4S/c1-9-6-11(14-18-9)8-19(16,17)13-7-10-2-4-12(15)5-3-10/h2-6,13,15H,7-8H2,1H3. The molecular weight excluding hydrogens is 268 g/mol. The molecule has 0 unspecified atom stereocenters. The normalized spacial score (nSPS) is 11.6. The minimum absolute atomic E-state index is 0.143. The van der Waals surface area contributed by atoms with Crippen LogP contribution in [0, 0.1) is 6.92 Å². The molecule has 0 saturated heterocycles. The molecule has 0 bridgehead atoms. The van der Waals surface area contributed by atoms with Crippen LogP contribution in [0.15, 0.2) is 34.9 Å². The minimum Gasteiger partial charge on any atom is -0.508 e. The lowest BCUT2D eigenvalue weighted by molar-refractivity contribution is 0.392. The van der Waals surface area contributed by atoms with E-state index in [1.807, 2.05) is 0 Å². The maximum Gasteiger partial charge on any atom is 0.217 e. The second kappa shape index (κ2) is 5.41. The van der Waals surface area contributed by atoms with Gasteiger partial charge in [-0.3, -0.25) is 0 Å². The molecule has 2 rings (SSSR count). The molecule has 0 aliphatic carbocycles. The Labute approximate surface area is 111 Å². The molecule has 2 N–H and O–H groups in total. The molecule has 1 aromatic heterocycles. The fourth-order valence-corrected chi connectivity index (χ4v) is 2.55. The van der Waals surface area contributed by atoms with Crippen LogP contribution < -0.4 is 4.72 Å². The zero-order valence-corrected chi connectivity index (χ0v) is 11.1. The van der Waals surface area contributed by atoms with E-state index in [0.29, 0.717) is 11.5 Å². The largest absolute Gasteiger partial charge is 0.508 e. The smallest absolute Gasteiger partial charge is 0.217 e. The maximum atomic E-state index is 11.8. The van der Waals surface area contributed by atoms with Gasteiger partial charge in [-0.25, -0.2) is 13.1 Å². The van der Waals surface area contributed by atoms with Crippen LogP contribution in [-0.2, 0) is 22.3 Å². The first kappa shape index (κ1) is 13.6. The summed E-state index contributed by atoms with van der Waals surface area (Å²) >= 11 is 0. The number of aromatic hydroxyl groups is 1. The third-order valence-electron chi connectivity index (χ3n) is 2.45. The number of phenols is 1. The quantitative estimate of drug-likeness (QED) is 0.862. The van der Waals surface area contributed by atoms with Gasteiger partial charge in [-0.15, -0.1) is 0 Å². The second-order valence-corrected chi connectivity index (χ2v) is 5.98. The molecule has 0 fully saturated rings. The Morgan fingerprint density at radius 1 is 1.32 bits per heavy atom. The number of hydrogen-bond acceptors (Lipinski definition) is 5. The molecule has 0 radical (unpaired) electrons. The first-order valence-electron chi connectivity index (χ1n) is 5.62. The number of aryl methyl sites for hydroxylation is 1. The molecule has 102 valence electrons. The summed E-state index contributed by atoms with van der Waals surface area (Å²) in [6.45, 7) is 1.87. The van der Waals surface area contributed by atoms with E-state index in [4.69, 9.17) is 9.63 Å². The fraction of sp³-hybridized carbons (Fsp3) is 0.250. The fourth-order valence-electron chi connectivity index (χ4n) is 1.54. The van der Waals surface area contributed by atoms with Crippen LogP contribution in [0.1, 0.15) is 17.0 Å². The zero-order valence-electron chi connectivity index (χ0n) is 10.3. The Balaban J connectivity index is 1.96. The molecule has 0 saturated carbocycles. The molecule has 0 aliphatic rings.